The predicted octanol–water partition coefficient (Wildman–Crippen LogP) is 0.712. The zero-order valence-electron chi connectivity index (χ0n) is 11.7. The second-order valence-electron chi connectivity index (χ2n) is 5.66. The average Bonchev–Trinajstić information content (AvgIpc) is 2.75. The molecule has 112 valence electrons. The zero-order chi connectivity index (χ0) is 14.5. The van der Waals surface area contributed by atoms with E-state index < -0.39 is 5.97 Å². The molecule has 0 radical (unpaired) electrons. The fraction of sp³-hybridized carbons (Fsp3) is 0.786. The van der Waals surface area contributed by atoms with Crippen LogP contribution >= 0.6 is 0 Å². The first-order valence-electron chi connectivity index (χ1n) is 7.33. The van der Waals surface area contributed by atoms with E-state index in [4.69, 9.17) is 5.11 Å². The number of aliphatic carboxylic acids is 1. The van der Waals surface area contributed by atoms with Crippen molar-refractivity contribution in [3.05, 3.63) is 0 Å². The Bertz CT molecular complexity index is 373. The topological polar surface area (TPSA) is 77.9 Å². The van der Waals surface area contributed by atoms with Gasteiger partial charge in [-0.15, -0.1) is 0 Å². The number of carboxylic acids is 1. The van der Waals surface area contributed by atoms with Crippen LogP contribution in [0.4, 0.5) is 0 Å². The largest absolute Gasteiger partial charge is 0.481 e. The molecule has 0 atom stereocenters. The van der Waals surface area contributed by atoms with Crippen LogP contribution in [0.2, 0.25) is 0 Å². The smallest absolute Gasteiger partial charge is 0.303 e. The van der Waals surface area contributed by atoms with Crippen LogP contribution in [0.5, 0.6) is 0 Å². The van der Waals surface area contributed by atoms with Gasteiger partial charge in [0.05, 0.1) is 0 Å². The zero-order valence-corrected chi connectivity index (χ0v) is 11.7. The summed E-state index contributed by atoms with van der Waals surface area (Å²) in [5.41, 5.74) is 0. The maximum absolute atomic E-state index is 11.5. The minimum Gasteiger partial charge on any atom is -0.481 e. The number of amides is 2. The minimum absolute atomic E-state index is 0.0497. The van der Waals surface area contributed by atoms with E-state index in [-0.39, 0.29) is 18.2 Å². The summed E-state index contributed by atoms with van der Waals surface area (Å²) in [7, 11) is 0. The molecular formula is C14H22N2O4. The summed E-state index contributed by atoms with van der Waals surface area (Å²) >= 11 is 0. The van der Waals surface area contributed by atoms with Gasteiger partial charge in [-0.3, -0.25) is 19.3 Å². The Balaban J connectivity index is 1.66. The molecule has 0 bridgehead atoms. The molecule has 6 nitrogen and oxygen atoms in total. The van der Waals surface area contributed by atoms with Crippen molar-refractivity contribution < 1.29 is 19.5 Å². The van der Waals surface area contributed by atoms with Gasteiger partial charge in [0, 0.05) is 32.4 Å². The van der Waals surface area contributed by atoms with Gasteiger partial charge in [-0.2, -0.15) is 0 Å². The summed E-state index contributed by atoms with van der Waals surface area (Å²) < 4.78 is 0. The summed E-state index contributed by atoms with van der Waals surface area (Å²) in [6.45, 7) is 3.10. The lowest BCUT2D eigenvalue weighted by atomic mass is 9.92. The van der Waals surface area contributed by atoms with Crippen LogP contribution in [-0.2, 0) is 14.4 Å². The molecular weight excluding hydrogens is 260 g/mol. The molecule has 0 aromatic carbocycles. The molecule has 2 heterocycles. The summed E-state index contributed by atoms with van der Waals surface area (Å²) in [5.74, 6) is -0.325. The van der Waals surface area contributed by atoms with Gasteiger partial charge in [-0.25, -0.2) is 0 Å². The molecule has 0 unspecified atom stereocenters. The lowest BCUT2D eigenvalue weighted by Crippen LogP contribution is -2.41. The number of rotatable bonds is 6. The Morgan fingerprint density at radius 3 is 2.25 bits per heavy atom. The number of carbonyl (C=O) groups is 3. The monoisotopic (exact) mass is 282 g/mol. The van der Waals surface area contributed by atoms with E-state index in [0.29, 0.717) is 25.3 Å². The van der Waals surface area contributed by atoms with Crippen molar-refractivity contribution in [3.63, 3.8) is 0 Å². The molecule has 0 aromatic heterocycles. The van der Waals surface area contributed by atoms with Crippen LogP contribution in [0.3, 0.4) is 0 Å². The van der Waals surface area contributed by atoms with Crippen LogP contribution in [-0.4, -0.2) is 58.9 Å². The first kappa shape index (κ1) is 15.0. The van der Waals surface area contributed by atoms with E-state index in [2.05, 4.69) is 4.90 Å². The maximum atomic E-state index is 11.5. The number of likely N-dealkylation sites (tertiary alicyclic amines) is 2. The number of imide groups is 1. The molecule has 2 aliphatic heterocycles. The van der Waals surface area contributed by atoms with Crippen molar-refractivity contribution in [3.8, 4) is 0 Å². The predicted molar refractivity (Wildman–Crippen MR) is 72.0 cm³/mol. The van der Waals surface area contributed by atoms with Crippen molar-refractivity contribution in [1.29, 1.82) is 0 Å². The molecule has 2 aliphatic rings. The molecule has 2 saturated heterocycles. The first-order valence-corrected chi connectivity index (χ1v) is 7.33. The number of hydrogen-bond donors (Lipinski definition) is 1. The lowest BCUT2D eigenvalue weighted by molar-refractivity contribution is -0.139. The lowest BCUT2D eigenvalue weighted by Gasteiger charge is -2.32. The SMILES string of the molecule is O=C(O)CCC1CCN(CCN2C(=O)CCC2=O)CC1. The highest BCUT2D eigenvalue weighted by atomic mass is 16.4. The van der Waals surface area contributed by atoms with E-state index in [1.165, 1.54) is 4.90 Å². The molecule has 0 aromatic rings. The molecule has 2 amide bonds. The average molecular weight is 282 g/mol. The third kappa shape index (κ3) is 4.03. The molecule has 0 saturated carbocycles. The van der Waals surface area contributed by atoms with E-state index >= 15 is 0 Å². The number of nitrogens with zero attached hydrogens (tertiary/aromatic N) is 2. The highest BCUT2D eigenvalue weighted by Gasteiger charge is 2.29. The normalized spacial score (nSPS) is 21.7. The molecule has 0 spiro atoms. The Morgan fingerprint density at radius 2 is 1.70 bits per heavy atom. The highest BCUT2D eigenvalue weighted by molar-refractivity contribution is 6.01. The third-order valence-electron chi connectivity index (χ3n) is 4.27. The van der Waals surface area contributed by atoms with E-state index in [9.17, 15) is 14.4 Å². The standard InChI is InChI=1S/C14H22N2O4/c17-12-2-3-13(18)16(12)10-9-15-7-5-11(6-8-15)1-4-14(19)20/h11H,1-10H2,(H,19,20). The van der Waals surface area contributed by atoms with Crippen LogP contribution in [0, 0.1) is 5.92 Å². The second-order valence-corrected chi connectivity index (χ2v) is 5.66. The van der Waals surface area contributed by atoms with Crippen molar-refractivity contribution >= 4 is 17.8 Å². The Kier molecular flexibility index (Phi) is 5.11. The number of carbonyl (C=O) groups excluding carboxylic acids is 2. The van der Waals surface area contributed by atoms with Gasteiger partial charge in [0.1, 0.15) is 0 Å². The van der Waals surface area contributed by atoms with E-state index in [1.807, 2.05) is 0 Å². The molecule has 1 N–H and O–H groups in total. The van der Waals surface area contributed by atoms with Crippen LogP contribution in [0.1, 0.15) is 38.5 Å². The van der Waals surface area contributed by atoms with E-state index in [1.54, 1.807) is 0 Å². The molecule has 20 heavy (non-hydrogen) atoms. The van der Waals surface area contributed by atoms with Gasteiger partial charge < -0.3 is 10.0 Å². The van der Waals surface area contributed by atoms with Crippen LogP contribution < -0.4 is 0 Å². The summed E-state index contributed by atoms with van der Waals surface area (Å²) in [6, 6.07) is 0. The molecule has 6 heteroatoms. The third-order valence-corrected chi connectivity index (χ3v) is 4.27. The minimum atomic E-state index is -0.724. The fourth-order valence-electron chi connectivity index (χ4n) is 2.94. The van der Waals surface area contributed by atoms with Crippen molar-refractivity contribution in [1.82, 2.24) is 9.80 Å². The van der Waals surface area contributed by atoms with Crippen molar-refractivity contribution in [2.45, 2.75) is 38.5 Å². The molecule has 2 fully saturated rings. The van der Waals surface area contributed by atoms with Gasteiger partial charge in [-0.1, -0.05) is 0 Å². The van der Waals surface area contributed by atoms with Gasteiger partial charge in [0.2, 0.25) is 11.8 Å². The number of piperidine rings is 1. The Morgan fingerprint density at radius 1 is 1.10 bits per heavy atom. The van der Waals surface area contributed by atoms with Crippen LogP contribution in [0.25, 0.3) is 0 Å². The quantitative estimate of drug-likeness (QED) is 0.726. The number of hydrogen-bond acceptors (Lipinski definition) is 4. The van der Waals surface area contributed by atoms with Gasteiger partial charge in [-0.05, 0) is 38.3 Å². The first-order chi connectivity index (χ1) is 9.56. The van der Waals surface area contributed by atoms with Crippen molar-refractivity contribution in [2.75, 3.05) is 26.2 Å². The van der Waals surface area contributed by atoms with Gasteiger partial charge in [0.15, 0.2) is 0 Å². The van der Waals surface area contributed by atoms with Gasteiger partial charge in [0.25, 0.3) is 0 Å². The summed E-state index contributed by atoms with van der Waals surface area (Å²) in [6.07, 6.45) is 3.74. The molecule has 2 rings (SSSR count). The van der Waals surface area contributed by atoms with E-state index in [0.717, 1.165) is 38.9 Å². The van der Waals surface area contributed by atoms with Crippen molar-refractivity contribution in [2.24, 2.45) is 5.92 Å². The maximum Gasteiger partial charge on any atom is 0.303 e. The molecule has 0 aliphatic carbocycles. The van der Waals surface area contributed by atoms with Crippen LogP contribution in [0.15, 0.2) is 0 Å². The van der Waals surface area contributed by atoms with Gasteiger partial charge >= 0.3 is 5.97 Å². The highest BCUT2D eigenvalue weighted by Crippen LogP contribution is 2.22. The fourth-order valence-corrected chi connectivity index (χ4v) is 2.94. The number of carboxylic acid groups (broad SMARTS) is 1. The Hall–Kier alpha value is -1.43. The Labute approximate surface area is 118 Å². The summed E-state index contributed by atoms with van der Waals surface area (Å²) in [5, 5.41) is 8.67. The second kappa shape index (κ2) is 6.83. The summed E-state index contributed by atoms with van der Waals surface area (Å²) in [4.78, 5) is 37.1.